The molecule has 0 aliphatic carbocycles. The molecule has 92 valence electrons. The minimum absolute atomic E-state index is 0.00270. The largest absolute Gasteiger partial charge is 0.361 e. The smallest absolute Gasteiger partial charge is 0.225 e. The molecule has 0 fully saturated rings. The zero-order valence-electron chi connectivity index (χ0n) is 10.1. The van der Waals surface area contributed by atoms with Crippen LogP contribution in [0, 0.1) is 0 Å². The number of nitrogens with one attached hydrogen (secondary N) is 2. The van der Waals surface area contributed by atoms with E-state index in [4.69, 9.17) is 0 Å². The van der Waals surface area contributed by atoms with Crippen LogP contribution in [0.5, 0.6) is 0 Å². The fourth-order valence-electron chi connectivity index (χ4n) is 2.58. The SMILES string of the molecule is CC(=O)C1Cc2c[nH]c3cccc(c23)CC(=O)N1. The number of Topliss-reactive ketones (excluding diaryl/α,β-unsaturated/α-hetero) is 1. The van der Waals surface area contributed by atoms with Gasteiger partial charge in [0.15, 0.2) is 5.78 Å². The first-order chi connectivity index (χ1) is 8.65. The Morgan fingerprint density at radius 1 is 1.33 bits per heavy atom. The monoisotopic (exact) mass is 242 g/mol. The van der Waals surface area contributed by atoms with Crippen molar-refractivity contribution in [3.63, 3.8) is 0 Å². The maximum absolute atomic E-state index is 11.8. The van der Waals surface area contributed by atoms with Crippen molar-refractivity contribution in [1.82, 2.24) is 10.3 Å². The Morgan fingerprint density at radius 2 is 2.17 bits per heavy atom. The minimum Gasteiger partial charge on any atom is -0.361 e. The highest BCUT2D eigenvalue weighted by Gasteiger charge is 2.23. The van der Waals surface area contributed by atoms with E-state index in [9.17, 15) is 9.59 Å². The van der Waals surface area contributed by atoms with Gasteiger partial charge in [-0.2, -0.15) is 0 Å². The van der Waals surface area contributed by atoms with Crippen LogP contribution in [0.15, 0.2) is 24.4 Å². The number of carbonyl (C=O) groups excluding carboxylic acids is 2. The summed E-state index contributed by atoms with van der Waals surface area (Å²) in [6, 6.07) is 5.48. The van der Waals surface area contributed by atoms with Crippen LogP contribution in [0.1, 0.15) is 18.1 Å². The van der Waals surface area contributed by atoms with Gasteiger partial charge < -0.3 is 10.3 Å². The molecule has 1 aromatic carbocycles. The van der Waals surface area contributed by atoms with E-state index in [1.54, 1.807) is 0 Å². The van der Waals surface area contributed by atoms with Crippen LogP contribution < -0.4 is 5.32 Å². The number of carbonyl (C=O) groups is 2. The fraction of sp³-hybridized carbons (Fsp3) is 0.286. The molecule has 1 unspecified atom stereocenters. The lowest BCUT2D eigenvalue weighted by Crippen LogP contribution is -2.42. The molecule has 0 bridgehead atoms. The standard InChI is InChI=1S/C14H14N2O2/c1-8(17)12-5-10-7-15-11-4-2-3-9(14(10)11)6-13(18)16-12/h2-4,7,12,15H,5-6H2,1H3,(H,16,18). The Hall–Kier alpha value is -2.10. The van der Waals surface area contributed by atoms with Gasteiger partial charge in [0.25, 0.3) is 0 Å². The molecule has 0 saturated carbocycles. The van der Waals surface area contributed by atoms with Gasteiger partial charge in [-0.05, 0) is 24.1 Å². The third-order valence-corrected chi connectivity index (χ3v) is 3.47. The lowest BCUT2D eigenvalue weighted by Gasteiger charge is -2.19. The van der Waals surface area contributed by atoms with Crippen molar-refractivity contribution >= 4 is 22.6 Å². The first kappa shape index (κ1) is 11.0. The summed E-state index contributed by atoms with van der Waals surface area (Å²) in [6.45, 7) is 1.52. The molecule has 18 heavy (non-hydrogen) atoms. The van der Waals surface area contributed by atoms with E-state index in [1.165, 1.54) is 6.92 Å². The van der Waals surface area contributed by atoms with Crippen LogP contribution in [0.4, 0.5) is 0 Å². The number of aromatic nitrogens is 1. The molecule has 4 nitrogen and oxygen atoms in total. The summed E-state index contributed by atoms with van der Waals surface area (Å²) in [5, 5.41) is 3.89. The molecule has 1 amide bonds. The summed E-state index contributed by atoms with van der Waals surface area (Å²) in [7, 11) is 0. The zero-order valence-corrected chi connectivity index (χ0v) is 10.1. The lowest BCUT2D eigenvalue weighted by atomic mass is 9.95. The summed E-state index contributed by atoms with van der Waals surface area (Å²) in [4.78, 5) is 26.6. The average molecular weight is 242 g/mol. The molecule has 4 heteroatoms. The predicted octanol–water partition coefficient (Wildman–Crippen LogP) is 1.34. The van der Waals surface area contributed by atoms with E-state index in [0.717, 1.165) is 22.0 Å². The van der Waals surface area contributed by atoms with Crippen molar-refractivity contribution in [3.05, 3.63) is 35.5 Å². The number of benzene rings is 1. The second kappa shape index (κ2) is 3.98. The number of hydrogen-bond acceptors (Lipinski definition) is 2. The van der Waals surface area contributed by atoms with Gasteiger partial charge in [0, 0.05) is 23.5 Å². The van der Waals surface area contributed by atoms with Crippen LogP contribution in [-0.2, 0) is 22.4 Å². The molecule has 1 aliphatic heterocycles. The summed E-state index contributed by atoms with van der Waals surface area (Å²) in [5.74, 6) is -0.0911. The lowest BCUT2D eigenvalue weighted by molar-refractivity contribution is -0.126. The number of hydrogen-bond donors (Lipinski definition) is 2. The molecular formula is C14H14N2O2. The molecule has 0 radical (unpaired) electrons. The summed E-state index contributed by atoms with van der Waals surface area (Å²) in [5.41, 5.74) is 3.14. The first-order valence-corrected chi connectivity index (χ1v) is 6.03. The maximum atomic E-state index is 11.8. The third-order valence-electron chi connectivity index (χ3n) is 3.47. The molecule has 0 spiro atoms. The van der Waals surface area contributed by atoms with Gasteiger partial charge in [-0.25, -0.2) is 0 Å². The third kappa shape index (κ3) is 1.70. The fourth-order valence-corrected chi connectivity index (χ4v) is 2.58. The highest BCUT2D eigenvalue weighted by atomic mass is 16.2. The molecule has 0 saturated heterocycles. The van der Waals surface area contributed by atoms with E-state index in [0.29, 0.717) is 12.8 Å². The molecular weight excluding hydrogens is 228 g/mol. The van der Waals surface area contributed by atoms with Gasteiger partial charge in [-0.1, -0.05) is 12.1 Å². The number of H-pyrrole nitrogens is 1. The second-order valence-corrected chi connectivity index (χ2v) is 4.77. The number of amides is 1. The molecule has 1 atom stereocenters. The van der Waals surface area contributed by atoms with Gasteiger partial charge in [0.1, 0.15) is 0 Å². The Balaban J connectivity index is 2.18. The van der Waals surface area contributed by atoms with E-state index in [-0.39, 0.29) is 11.7 Å². The quantitative estimate of drug-likeness (QED) is 0.792. The summed E-state index contributed by atoms with van der Waals surface area (Å²) in [6.07, 6.45) is 2.81. The van der Waals surface area contributed by atoms with Crippen molar-refractivity contribution in [2.24, 2.45) is 0 Å². The molecule has 3 rings (SSSR count). The normalized spacial score (nSPS) is 19.2. The summed E-state index contributed by atoms with van der Waals surface area (Å²) < 4.78 is 0. The highest BCUT2D eigenvalue weighted by Crippen LogP contribution is 2.25. The van der Waals surface area contributed by atoms with Gasteiger partial charge in [-0.3, -0.25) is 9.59 Å². The summed E-state index contributed by atoms with van der Waals surface area (Å²) >= 11 is 0. The van der Waals surface area contributed by atoms with Crippen molar-refractivity contribution in [2.45, 2.75) is 25.8 Å². The minimum atomic E-state index is -0.412. The topological polar surface area (TPSA) is 62.0 Å². The van der Waals surface area contributed by atoms with E-state index >= 15 is 0 Å². The van der Waals surface area contributed by atoms with E-state index in [2.05, 4.69) is 10.3 Å². The van der Waals surface area contributed by atoms with Crippen molar-refractivity contribution in [1.29, 1.82) is 0 Å². The number of aromatic amines is 1. The molecule has 1 aromatic heterocycles. The zero-order chi connectivity index (χ0) is 12.7. The Bertz CT molecular complexity index is 642. The number of rotatable bonds is 1. The molecule has 2 heterocycles. The number of ketones is 1. The average Bonchev–Trinajstić information content (AvgIpc) is 2.70. The Morgan fingerprint density at radius 3 is 2.94 bits per heavy atom. The van der Waals surface area contributed by atoms with Gasteiger partial charge in [-0.15, -0.1) is 0 Å². The van der Waals surface area contributed by atoms with E-state index in [1.807, 2.05) is 24.4 Å². The Kier molecular flexibility index (Phi) is 2.44. The van der Waals surface area contributed by atoms with Crippen LogP contribution in [0.3, 0.4) is 0 Å². The molecule has 2 N–H and O–H groups in total. The van der Waals surface area contributed by atoms with Crippen LogP contribution >= 0.6 is 0 Å². The van der Waals surface area contributed by atoms with Crippen molar-refractivity contribution < 1.29 is 9.59 Å². The van der Waals surface area contributed by atoms with Gasteiger partial charge in [0.2, 0.25) is 5.91 Å². The highest BCUT2D eigenvalue weighted by molar-refractivity contribution is 5.95. The van der Waals surface area contributed by atoms with Crippen molar-refractivity contribution in [3.8, 4) is 0 Å². The van der Waals surface area contributed by atoms with E-state index < -0.39 is 6.04 Å². The second-order valence-electron chi connectivity index (χ2n) is 4.77. The van der Waals surface area contributed by atoms with Crippen LogP contribution in [0.2, 0.25) is 0 Å². The molecule has 2 aromatic rings. The Labute approximate surface area is 104 Å². The van der Waals surface area contributed by atoms with Crippen LogP contribution in [0.25, 0.3) is 10.9 Å². The van der Waals surface area contributed by atoms with Gasteiger partial charge in [0.05, 0.1) is 12.5 Å². The molecule has 1 aliphatic rings. The van der Waals surface area contributed by atoms with Crippen LogP contribution in [-0.4, -0.2) is 22.7 Å². The van der Waals surface area contributed by atoms with Crippen molar-refractivity contribution in [2.75, 3.05) is 0 Å². The maximum Gasteiger partial charge on any atom is 0.225 e. The first-order valence-electron chi connectivity index (χ1n) is 6.03. The van der Waals surface area contributed by atoms with Gasteiger partial charge >= 0.3 is 0 Å². The predicted molar refractivity (Wildman–Crippen MR) is 68.3 cm³/mol.